The number of nitrogens with one attached hydrogen (secondary N) is 1. The van der Waals surface area contributed by atoms with Gasteiger partial charge in [-0.2, -0.15) is 8.78 Å². The summed E-state index contributed by atoms with van der Waals surface area (Å²) in [6.07, 6.45) is 0. The van der Waals surface area contributed by atoms with E-state index >= 15 is 0 Å². The van der Waals surface area contributed by atoms with Gasteiger partial charge >= 0.3 is 11.4 Å². The number of hydrogen-bond acceptors (Lipinski definition) is 3. The molecular weight excluding hydrogens is 294 g/mol. The molecule has 5 nitrogen and oxygen atoms in total. The van der Waals surface area contributed by atoms with E-state index in [0.717, 1.165) is 12.1 Å². The van der Waals surface area contributed by atoms with Crippen LogP contribution in [0.25, 0.3) is 0 Å². The number of amides is 1. The van der Waals surface area contributed by atoms with Crippen molar-refractivity contribution < 1.29 is 23.5 Å². The summed E-state index contributed by atoms with van der Waals surface area (Å²) in [5.41, 5.74) is -2.64. The van der Waals surface area contributed by atoms with E-state index in [9.17, 15) is 18.4 Å². The number of alkyl halides is 3. The first-order valence-corrected chi connectivity index (χ1v) is 5.93. The van der Waals surface area contributed by atoms with Crippen molar-refractivity contribution in [1.29, 1.82) is 0 Å². The van der Waals surface area contributed by atoms with Gasteiger partial charge in [-0.25, -0.2) is 9.78 Å². The number of pyridine rings is 1. The second-order valence-electron chi connectivity index (χ2n) is 5.10. The Morgan fingerprint density at radius 3 is 2.25 bits per heavy atom. The van der Waals surface area contributed by atoms with Crippen LogP contribution in [0.5, 0.6) is 0 Å². The maximum Gasteiger partial charge on any atom is 0.364 e. The largest absolute Gasteiger partial charge is 0.478 e. The first-order chi connectivity index (χ1) is 8.92. The van der Waals surface area contributed by atoms with Gasteiger partial charge in [-0.15, -0.1) is 0 Å². The standard InChI is InChI=1S/C12H13ClF2N2O3/c1-11(2,3)17-9(18)8-6(10(19)20)4-5-7(16-8)12(13,14)15/h4-5H,1-3H3,(H,17,18)(H,19,20). The van der Waals surface area contributed by atoms with Crippen LogP contribution in [0.4, 0.5) is 8.78 Å². The molecular formula is C12H13ClF2N2O3. The van der Waals surface area contributed by atoms with Gasteiger partial charge in [-0.1, -0.05) is 0 Å². The van der Waals surface area contributed by atoms with E-state index in [2.05, 4.69) is 10.3 Å². The number of carbonyl (C=O) groups excluding carboxylic acids is 1. The van der Waals surface area contributed by atoms with Crippen LogP contribution < -0.4 is 5.32 Å². The van der Waals surface area contributed by atoms with Crippen molar-refractivity contribution in [2.75, 3.05) is 0 Å². The molecule has 0 aromatic carbocycles. The maximum absolute atomic E-state index is 13.0. The Morgan fingerprint density at radius 2 is 1.85 bits per heavy atom. The average Bonchev–Trinajstić information content (AvgIpc) is 2.24. The van der Waals surface area contributed by atoms with Crippen LogP contribution in [-0.2, 0) is 5.38 Å². The van der Waals surface area contributed by atoms with Crippen LogP contribution in [0, 0.1) is 0 Å². The Kier molecular flexibility index (Phi) is 4.33. The van der Waals surface area contributed by atoms with E-state index in [4.69, 9.17) is 16.7 Å². The molecule has 1 rings (SSSR count). The van der Waals surface area contributed by atoms with Crippen molar-refractivity contribution in [3.63, 3.8) is 0 Å². The van der Waals surface area contributed by atoms with Crippen molar-refractivity contribution in [3.05, 3.63) is 29.1 Å². The number of halogens is 3. The molecule has 110 valence electrons. The molecule has 1 aromatic heterocycles. The molecule has 1 heterocycles. The average molecular weight is 307 g/mol. The highest BCUT2D eigenvalue weighted by molar-refractivity contribution is 6.21. The van der Waals surface area contributed by atoms with Crippen LogP contribution in [0.3, 0.4) is 0 Å². The highest BCUT2D eigenvalue weighted by Crippen LogP contribution is 2.31. The van der Waals surface area contributed by atoms with Crippen molar-refractivity contribution >= 4 is 23.5 Å². The fourth-order valence-corrected chi connectivity index (χ4v) is 1.47. The third kappa shape index (κ3) is 4.12. The summed E-state index contributed by atoms with van der Waals surface area (Å²) in [7, 11) is 0. The summed E-state index contributed by atoms with van der Waals surface area (Å²) in [5.74, 6) is -2.31. The van der Waals surface area contributed by atoms with Crippen LogP contribution in [0.2, 0.25) is 0 Å². The van der Waals surface area contributed by atoms with E-state index in [-0.39, 0.29) is 0 Å². The predicted octanol–water partition coefficient (Wildman–Crippen LogP) is 2.60. The molecule has 0 saturated carbocycles. The number of nitrogens with zero attached hydrogens (tertiary/aromatic N) is 1. The molecule has 8 heteroatoms. The molecule has 0 bridgehead atoms. The van der Waals surface area contributed by atoms with Crippen LogP contribution in [-0.4, -0.2) is 27.5 Å². The molecule has 0 aliphatic rings. The Hall–Kier alpha value is -1.76. The lowest BCUT2D eigenvalue weighted by molar-refractivity contribution is 0.0684. The second-order valence-corrected chi connectivity index (χ2v) is 5.57. The SMILES string of the molecule is CC(C)(C)NC(=O)c1nc(C(F)(F)Cl)ccc1C(=O)O. The Balaban J connectivity index is 3.33. The number of carbonyl (C=O) groups is 2. The van der Waals surface area contributed by atoms with E-state index in [0.29, 0.717) is 0 Å². The summed E-state index contributed by atoms with van der Waals surface area (Å²) >= 11 is 4.83. The van der Waals surface area contributed by atoms with Crippen molar-refractivity contribution in [2.45, 2.75) is 31.7 Å². The number of rotatable bonds is 3. The van der Waals surface area contributed by atoms with Gasteiger partial charge in [0.2, 0.25) is 0 Å². The van der Waals surface area contributed by atoms with Crippen LogP contribution in [0.15, 0.2) is 12.1 Å². The molecule has 0 radical (unpaired) electrons. The molecule has 0 atom stereocenters. The monoisotopic (exact) mass is 306 g/mol. The minimum atomic E-state index is -3.78. The van der Waals surface area contributed by atoms with Gasteiger partial charge in [0, 0.05) is 5.54 Å². The highest BCUT2D eigenvalue weighted by atomic mass is 35.5. The number of hydrogen-bond donors (Lipinski definition) is 2. The summed E-state index contributed by atoms with van der Waals surface area (Å²) in [5, 5.41) is 7.64. The third-order valence-electron chi connectivity index (χ3n) is 2.12. The quantitative estimate of drug-likeness (QED) is 0.841. The minimum absolute atomic E-state index is 0.476. The Morgan fingerprint density at radius 1 is 1.30 bits per heavy atom. The van der Waals surface area contributed by atoms with Gasteiger partial charge in [0.1, 0.15) is 11.4 Å². The first kappa shape index (κ1) is 16.3. The minimum Gasteiger partial charge on any atom is -0.478 e. The molecule has 20 heavy (non-hydrogen) atoms. The normalized spacial score (nSPS) is 12.1. The predicted molar refractivity (Wildman–Crippen MR) is 68.2 cm³/mol. The molecule has 2 N–H and O–H groups in total. The summed E-state index contributed by atoms with van der Waals surface area (Å²) in [6, 6.07) is 1.64. The van der Waals surface area contributed by atoms with Crippen LogP contribution >= 0.6 is 11.6 Å². The number of carboxylic acids is 1. The number of aromatic carboxylic acids is 1. The topological polar surface area (TPSA) is 79.3 Å². The van der Waals surface area contributed by atoms with Gasteiger partial charge in [0.25, 0.3) is 5.91 Å². The maximum atomic E-state index is 13.0. The summed E-state index contributed by atoms with van der Waals surface area (Å²) in [6.45, 7) is 4.97. The summed E-state index contributed by atoms with van der Waals surface area (Å²) in [4.78, 5) is 26.3. The van der Waals surface area contributed by atoms with Gasteiger partial charge in [-0.3, -0.25) is 4.79 Å². The van der Waals surface area contributed by atoms with E-state index in [1.807, 2.05) is 0 Å². The smallest absolute Gasteiger partial charge is 0.364 e. The number of carboxylic acid groups (broad SMARTS) is 1. The van der Waals surface area contributed by atoms with E-state index in [1.54, 1.807) is 20.8 Å². The molecule has 0 unspecified atom stereocenters. The fourth-order valence-electron chi connectivity index (χ4n) is 1.36. The van der Waals surface area contributed by atoms with Gasteiger partial charge in [0.05, 0.1) is 5.56 Å². The molecule has 1 aromatic rings. The van der Waals surface area contributed by atoms with Gasteiger partial charge in [-0.05, 0) is 44.5 Å². The van der Waals surface area contributed by atoms with Crippen molar-refractivity contribution in [1.82, 2.24) is 10.3 Å². The molecule has 0 spiro atoms. The first-order valence-electron chi connectivity index (χ1n) is 5.56. The lowest BCUT2D eigenvalue weighted by Gasteiger charge is -2.21. The summed E-state index contributed by atoms with van der Waals surface area (Å²) < 4.78 is 26.0. The molecule has 1 amide bonds. The lowest BCUT2D eigenvalue weighted by atomic mass is 10.1. The zero-order chi connectivity index (χ0) is 15.7. The van der Waals surface area contributed by atoms with Crippen molar-refractivity contribution in [3.8, 4) is 0 Å². The van der Waals surface area contributed by atoms with Crippen molar-refractivity contribution in [2.24, 2.45) is 0 Å². The lowest BCUT2D eigenvalue weighted by Crippen LogP contribution is -2.41. The van der Waals surface area contributed by atoms with Crippen LogP contribution in [0.1, 0.15) is 47.3 Å². The molecule has 0 fully saturated rings. The molecule has 0 saturated heterocycles. The Bertz CT molecular complexity index is 551. The molecule has 0 aliphatic heterocycles. The van der Waals surface area contributed by atoms with Gasteiger partial charge < -0.3 is 10.4 Å². The fraction of sp³-hybridized carbons (Fsp3) is 0.417. The molecule has 0 aliphatic carbocycles. The highest BCUT2D eigenvalue weighted by Gasteiger charge is 2.32. The number of aromatic nitrogens is 1. The van der Waals surface area contributed by atoms with E-state index in [1.165, 1.54) is 0 Å². The zero-order valence-corrected chi connectivity index (χ0v) is 11.8. The Labute approximate surface area is 119 Å². The van der Waals surface area contributed by atoms with Gasteiger partial charge in [0.15, 0.2) is 0 Å². The third-order valence-corrected chi connectivity index (χ3v) is 2.31. The second kappa shape index (κ2) is 5.32. The van der Waals surface area contributed by atoms with E-state index < -0.39 is 39.7 Å². The zero-order valence-electron chi connectivity index (χ0n) is 11.0.